The summed E-state index contributed by atoms with van der Waals surface area (Å²) in [6.45, 7) is 3.93. The average molecular weight is 313 g/mol. The molecule has 2 rings (SSSR count). The summed E-state index contributed by atoms with van der Waals surface area (Å²) < 4.78 is 6.57. The molecule has 17 heavy (non-hydrogen) atoms. The van der Waals surface area contributed by atoms with Crippen molar-refractivity contribution < 1.29 is 4.74 Å². The Labute approximate surface area is 114 Å². The predicted octanol–water partition coefficient (Wildman–Crippen LogP) is 4.91. The van der Waals surface area contributed by atoms with E-state index in [1.54, 1.807) is 12.3 Å². The number of halogens is 2. The lowest BCUT2D eigenvalue weighted by Crippen LogP contribution is -1.92. The van der Waals surface area contributed by atoms with Crippen molar-refractivity contribution in [2.45, 2.75) is 13.8 Å². The molecular weight excluding hydrogens is 302 g/mol. The van der Waals surface area contributed by atoms with E-state index in [0.717, 1.165) is 21.3 Å². The van der Waals surface area contributed by atoms with E-state index in [1.165, 1.54) is 0 Å². The van der Waals surface area contributed by atoms with E-state index < -0.39 is 0 Å². The number of aryl methyl sites for hydroxylation is 2. The second-order valence-electron chi connectivity index (χ2n) is 3.81. The first-order valence-corrected chi connectivity index (χ1v) is 6.29. The average Bonchev–Trinajstić information content (AvgIpc) is 2.25. The fourth-order valence-corrected chi connectivity index (χ4v) is 2.20. The maximum Gasteiger partial charge on any atom is 0.233 e. The maximum atomic E-state index is 5.89. The lowest BCUT2D eigenvalue weighted by Gasteiger charge is -2.09. The van der Waals surface area contributed by atoms with Gasteiger partial charge in [-0.05, 0) is 65.2 Å². The van der Waals surface area contributed by atoms with Crippen molar-refractivity contribution in [2.24, 2.45) is 0 Å². The van der Waals surface area contributed by atoms with E-state index in [0.29, 0.717) is 10.9 Å². The van der Waals surface area contributed by atoms with Crippen molar-refractivity contribution in [1.29, 1.82) is 0 Å². The van der Waals surface area contributed by atoms with Crippen LogP contribution < -0.4 is 4.74 Å². The van der Waals surface area contributed by atoms with E-state index in [1.807, 2.05) is 32.0 Å². The molecule has 0 aliphatic heterocycles. The molecule has 0 aliphatic rings. The minimum atomic E-state index is 0.557. The normalized spacial score (nSPS) is 10.4. The molecule has 1 aromatic heterocycles. The number of hydrogen-bond donors (Lipinski definition) is 0. The molecule has 0 fully saturated rings. The molecule has 88 valence electrons. The Morgan fingerprint density at radius 3 is 2.65 bits per heavy atom. The van der Waals surface area contributed by atoms with Gasteiger partial charge in [0.15, 0.2) is 0 Å². The molecule has 0 bridgehead atoms. The molecule has 1 heterocycles. The van der Waals surface area contributed by atoms with Crippen LogP contribution in [0, 0.1) is 13.8 Å². The molecule has 0 spiro atoms. The number of pyridine rings is 1. The second kappa shape index (κ2) is 5.07. The van der Waals surface area contributed by atoms with E-state index >= 15 is 0 Å². The van der Waals surface area contributed by atoms with E-state index in [-0.39, 0.29) is 0 Å². The van der Waals surface area contributed by atoms with Gasteiger partial charge in [0.05, 0.1) is 4.47 Å². The highest BCUT2D eigenvalue weighted by molar-refractivity contribution is 9.10. The molecule has 0 unspecified atom stereocenters. The Hall–Kier alpha value is -1.06. The molecule has 0 amide bonds. The smallest absolute Gasteiger partial charge is 0.233 e. The summed E-state index contributed by atoms with van der Waals surface area (Å²) in [4.78, 5) is 4.23. The van der Waals surface area contributed by atoms with Crippen LogP contribution in [0.3, 0.4) is 0 Å². The summed E-state index contributed by atoms with van der Waals surface area (Å²) in [7, 11) is 0. The molecule has 0 aliphatic carbocycles. The lowest BCUT2D eigenvalue weighted by molar-refractivity contribution is 0.456. The van der Waals surface area contributed by atoms with Gasteiger partial charge < -0.3 is 4.74 Å². The SMILES string of the molecule is Cc1cnc(Oc2ccc(Cl)cc2C)c(Br)c1. The van der Waals surface area contributed by atoms with E-state index in [4.69, 9.17) is 16.3 Å². The minimum absolute atomic E-state index is 0.557. The van der Waals surface area contributed by atoms with Gasteiger partial charge in [-0.3, -0.25) is 0 Å². The van der Waals surface area contributed by atoms with Gasteiger partial charge >= 0.3 is 0 Å². The third kappa shape index (κ3) is 2.99. The molecule has 2 aromatic rings. The topological polar surface area (TPSA) is 22.1 Å². The fourth-order valence-electron chi connectivity index (χ4n) is 1.43. The lowest BCUT2D eigenvalue weighted by atomic mass is 10.2. The maximum absolute atomic E-state index is 5.89. The van der Waals surface area contributed by atoms with E-state index in [2.05, 4.69) is 20.9 Å². The summed E-state index contributed by atoms with van der Waals surface area (Å²) in [6, 6.07) is 7.46. The zero-order valence-corrected chi connectivity index (χ0v) is 11.8. The summed E-state index contributed by atoms with van der Waals surface area (Å²) in [5.74, 6) is 1.31. The van der Waals surface area contributed by atoms with Crippen molar-refractivity contribution in [1.82, 2.24) is 4.98 Å². The Bertz CT molecular complexity index is 508. The van der Waals surface area contributed by atoms with Crippen LogP contribution in [0.2, 0.25) is 5.02 Å². The molecule has 0 saturated heterocycles. The van der Waals surface area contributed by atoms with Crippen LogP contribution in [0.5, 0.6) is 11.6 Å². The number of benzene rings is 1. The first kappa shape index (κ1) is 12.4. The van der Waals surface area contributed by atoms with Crippen molar-refractivity contribution in [3.63, 3.8) is 0 Å². The summed E-state index contributed by atoms with van der Waals surface area (Å²) in [5.41, 5.74) is 2.06. The van der Waals surface area contributed by atoms with Gasteiger partial charge in [0.2, 0.25) is 5.88 Å². The first-order chi connectivity index (χ1) is 8.06. The monoisotopic (exact) mass is 311 g/mol. The molecule has 0 atom stereocenters. The van der Waals surface area contributed by atoms with Gasteiger partial charge in [-0.15, -0.1) is 0 Å². The Balaban J connectivity index is 2.31. The summed E-state index contributed by atoms with van der Waals surface area (Å²) >= 11 is 9.32. The third-order valence-corrected chi connectivity index (χ3v) is 3.09. The predicted molar refractivity (Wildman–Crippen MR) is 72.9 cm³/mol. The number of ether oxygens (including phenoxy) is 1. The van der Waals surface area contributed by atoms with Gasteiger partial charge in [-0.2, -0.15) is 0 Å². The number of nitrogens with zero attached hydrogens (tertiary/aromatic N) is 1. The quantitative estimate of drug-likeness (QED) is 0.786. The fraction of sp³-hybridized carbons (Fsp3) is 0.154. The first-order valence-electron chi connectivity index (χ1n) is 5.12. The second-order valence-corrected chi connectivity index (χ2v) is 5.10. The highest BCUT2D eigenvalue weighted by Gasteiger charge is 2.07. The van der Waals surface area contributed by atoms with E-state index in [9.17, 15) is 0 Å². The van der Waals surface area contributed by atoms with Gasteiger partial charge in [-0.25, -0.2) is 4.98 Å². The molecule has 4 heteroatoms. The summed E-state index contributed by atoms with van der Waals surface area (Å²) in [6.07, 6.45) is 1.77. The van der Waals surface area contributed by atoms with Gasteiger partial charge in [0.25, 0.3) is 0 Å². The van der Waals surface area contributed by atoms with Crippen LogP contribution in [-0.2, 0) is 0 Å². The van der Waals surface area contributed by atoms with Gasteiger partial charge in [-0.1, -0.05) is 11.6 Å². The molecule has 0 N–H and O–H groups in total. The van der Waals surface area contributed by atoms with Crippen LogP contribution in [0.4, 0.5) is 0 Å². The van der Waals surface area contributed by atoms with Crippen LogP contribution in [-0.4, -0.2) is 4.98 Å². The summed E-state index contributed by atoms with van der Waals surface area (Å²) in [5, 5.41) is 0.700. The number of aromatic nitrogens is 1. The van der Waals surface area contributed by atoms with Crippen molar-refractivity contribution in [3.8, 4) is 11.6 Å². The largest absolute Gasteiger partial charge is 0.438 e. The van der Waals surface area contributed by atoms with Crippen LogP contribution in [0.1, 0.15) is 11.1 Å². The van der Waals surface area contributed by atoms with Crippen molar-refractivity contribution >= 4 is 27.5 Å². The number of rotatable bonds is 2. The molecule has 2 nitrogen and oxygen atoms in total. The number of hydrogen-bond acceptors (Lipinski definition) is 2. The van der Waals surface area contributed by atoms with Crippen LogP contribution in [0.15, 0.2) is 34.9 Å². The Kier molecular flexibility index (Phi) is 3.69. The van der Waals surface area contributed by atoms with Gasteiger partial charge in [0, 0.05) is 11.2 Å². The zero-order valence-electron chi connectivity index (χ0n) is 9.50. The molecule has 0 saturated carbocycles. The molecule has 1 aromatic carbocycles. The highest BCUT2D eigenvalue weighted by atomic mass is 79.9. The standard InChI is InChI=1S/C13H11BrClNO/c1-8-5-11(14)13(16-7-8)17-12-4-3-10(15)6-9(12)2/h3-7H,1-2H3. The molecule has 0 radical (unpaired) electrons. The minimum Gasteiger partial charge on any atom is -0.438 e. The highest BCUT2D eigenvalue weighted by Crippen LogP contribution is 2.30. The Morgan fingerprint density at radius 1 is 1.24 bits per heavy atom. The van der Waals surface area contributed by atoms with Crippen molar-refractivity contribution in [2.75, 3.05) is 0 Å². The van der Waals surface area contributed by atoms with Gasteiger partial charge in [0.1, 0.15) is 5.75 Å². The Morgan fingerprint density at radius 2 is 2.00 bits per heavy atom. The molecular formula is C13H11BrClNO. The zero-order chi connectivity index (χ0) is 12.4. The third-order valence-electron chi connectivity index (χ3n) is 2.29. The van der Waals surface area contributed by atoms with Crippen LogP contribution >= 0.6 is 27.5 Å². The van der Waals surface area contributed by atoms with Crippen LogP contribution in [0.25, 0.3) is 0 Å². The van der Waals surface area contributed by atoms with Crippen molar-refractivity contribution in [3.05, 3.63) is 51.1 Å².